The summed E-state index contributed by atoms with van der Waals surface area (Å²) in [5.74, 6) is 2.10. The molecule has 0 spiro atoms. The van der Waals surface area contributed by atoms with E-state index < -0.39 is 10.0 Å². The minimum absolute atomic E-state index is 0.101. The van der Waals surface area contributed by atoms with Crippen molar-refractivity contribution in [2.24, 2.45) is 0 Å². The van der Waals surface area contributed by atoms with E-state index in [9.17, 15) is 8.42 Å². The zero-order valence-electron chi connectivity index (χ0n) is 14.9. The van der Waals surface area contributed by atoms with Crippen molar-refractivity contribution in [3.8, 4) is 23.0 Å². The highest BCUT2D eigenvalue weighted by molar-refractivity contribution is 7.89. The number of sulfonamides is 1. The Hall–Kier alpha value is -2.45. The molecule has 1 aliphatic rings. The molecule has 0 radical (unpaired) electrons. The molecule has 3 rings (SSSR count). The number of hydrogen-bond acceptors (Lipinski definition) is 6. The Labute approximate surface area is 153 Å². The molecule has 0 aliphatic carbocycles. The maximum Gasteiger partial charge on any atom is 0.243 e. The van der Waals surface area contributed by atoms with Gasteiger partial charge in [0.25, 0.3) is 0 Å². The quantitative estimate of drug-likeness (QED) is 0.767. The SMILES string of the molecule is COc1cccc(OC)c1CN(C)S(=O)(=O)c1ccc2c(c1)OCCO2. The highest BCUT2D eigenvalue weighted by Gasteiger charge is 2.25. The van der Waals surface area contributed by atoms with E-state index in [0.29, 0.717) is 41.8 Å². The summed E-state index contributed by atoms with van der Waals surface area (Å²) in [6, 6.07) is 9.93. The first-order valence-electron chi connectivity index (χ1n) is 8.03. The van der Waals surface area contributed by atoms with Gasteiger partial charge in [-0.25, -0.2) is 8.42 Å². The zero-order chi connectivity index (χ0) is 18.7. The Morgan fingerprint density at radius 2 is 1.62 bits per heavy atom. The summed E-state index contributed by atoms with van der Waals surface area (Å²) in [6.45, 7) is 0.946. The summed E-state index contributed by atoms with van der Waals surface area (Å²) in [5, 5.41) is 0. The van der Waals surface area contributed by atoms with Crippen LogP contribution in [0.3, 0.4) is 0 Å². The van der Waals surface area contributed by atoms with Crippen molar-refractivity contribution < 1.29 is 27.4 Å². The minimum Gasteiger partial charge on any atom is -0.496 e. The maximum absolute atomic E-state index is 13.0. The van der Waals surface area contributed by atoms with Crippen molar-refractivity contribution in [3.63, 3.8) is 0 Å². The predicted molar refractivity (Wildman–Crippen MR) is 95.6 cm³/mol. The summed E-state index contributed by atoms with van der Waals surface area (Å²) in [7, 11) is 0.849. The topological polar surface area (TPSA) is 74.3 Å². The third-order valence-electron chi connectivity index (χ3n) is 4.13. The minimum atomic E-state index is -3.73. The van der Waals surface area contributed by atoms with Gasteiger partial charge in [0.15, 0.2) is 11.5 Å². The number of ether oxygens (including phenoxy) is 4. The average molecular weight is 379 g/mol. The van der Waals surface area contributed by atoms with Crippen LogP contribution in [0.25, 0.3) is 0 Å². The van der Waals surface area contributed by atoms with E-state index in [4.69, 9.17) is 18.9 Å². The average Bonchev–Trinajstić information content (AvgIpc) is 2.67. The molecule has 140 valence electrons. The van der Waals surface area contributed by atoms with Crippen molar-refractivity contribution in [1.82, 2.24) is 4.31 Å². The molecule has 8 heteroatoms. The summed E-state index contributed by atoms with van der Waals surface area (Å²) in [4.78, 5) is 0.137. The van der Waals surface area contributed by atoms with Crippen molar-refractivity contribution in [3.05, 3.63) is 42.0 Å². The Bertz CT molecular complexity index is 874. The molecule has 0 atom stereocenters. The molecule has 0 amide bonds. The van der Waals surface area contributed by atoms with Gasteiger partial charge in [0.1, 0.15) is 24.7 Å². The summed E-state index contributed by atoms with van der Waals surface area (Å²) in [6.07, 6.45) is 0. The number of fused-ring (bicyclic) bond motifs is 1. The molecule has 0 N–H and O–H groups in total. The number of methoxy groups -OCH3 is 2. The van der Waals surface area contributed by atoms with Crippen LogP contribution in [-0.4, -0.2) is 47.2 Å². The molecule has 2 aromatic carbocycles. The van der Waals surface area contributed by atoms with Gasteiger partial charge in [-0.3, -0.25) is 0 Å². The molecular formula is C18H21NO6S. The maximum atomic E-state index is 13.0. The van der Waals surface area contributed by atoms with E-state index in [1.165, 1.54) is 37.7 Å². The number of benzene rings is 2. The van der Waals surface area contributed by atoms with E-state index in [2.05, 4.69) is 0 Å². The van der Waals surface area contributed by atoms with Crippen molar-refractivity contribution in [2.75, 3.05) is 34.5 Å². The van der Waals surface area contributed by atoms with Gasteiger partial charge >= 0.3 is 0 Å². The standard InChI is InChI=1S/C18H21NO6S/c1-19(12-14-15(22-2)5-4-6-16(14)23-3)26(20,21)13-7-8-17-18(11-13)25-10-9-24-17/h4-8,11H,9-10,12H2,1-3H3. The van der Waals surface area contributed by atoms with Gasteiger partial charge in [0.05, 0.1) is 24.7 Å². The van der Waals surface area contributed by atoms with Gasteiger partial charge in [0, 0.05) is 19.7 Å². The molecule has 0 saturated carbocycles. The van der Waals surface area contributed by atoms with E-state index in [-0.39, 0.29) is 11.4 Å². The molecule has 0 unspecified atom stereocenters. The fraction of sp³-hybridized carbons (Fsp3) is 0.333. The van der Waals surface area contributed by atoms with Crippen LogP contribution >= 0.6 is 0 Å². The van der Waals surface area contributed by atoms with Crippen molar-refractivity contribution in [1.29, 1.82) is 0 Å². The van der Waals surface area contributed by atoms with Crippen LogP contribution < -0.4 is 18.9 Å². The molecule has 0 fully saturated rings. The van der Waals surface area contributed by atoms with Gasteiger partial charge in [0.2, 0.25) is 10.0 Å². The number of nitrogens with zero attached hydrogens (tertiary/aromatic N) is 1. The van der Waals surface area contributed by atoms with E-state index in [1.807, 2.05) is 0 Å². The Morgan fingerprint density at radius 1 is 1.00 bits per heavy atom. The fourth-order valence-corrected chi connectivity index (χ4v) is 3.91. The van der Waals surface area contributed by atoms with Gasteiger partial charge < -0.3 is 18.9 Å². The van der Waals surface area contributed by atoms with Crippen LogP contribution in [0.2, 0.25) is 0 Å². The summed E-state index contributed by atoms with van der Waals surface area (Å²) < 4.78 is 48.8. The lowest BCUT2D eigenvalue weighted by molar-refractivity contribution is 0.171. The molecule has 2 aromatic rings. The number of rotatable bonds is 6. The molecule has 0 saturated heterocycles. The second-order valence-electron chi connectivity index (χ2n) is 5.71. The lowest BCUT2D eigenvalue weighted by Crippen LogP contribution is -2.27. The summed E-state index contributed by atoms with van der Waals surface area (Å²) >= 11 is 0. The highest BCUT2D eigenvalue weighted by atomic mass is 32.2. The third kappa shape index (κ3) is 3.42. The van der Waals surface area contributed by atoms with E-state index in [1.54, 1.807) is 24.3 Å². The molecule has 7 nitrogen and oxygen atoms in total. The largest absolute Gasteiger partial charge is 0.496 e. The van der Waals surface area contributed by atoms with Crippen LogP contribution in [-0.2, 0) is 16.6 Å². The van der Waals surface area contributed by atoms with Crippen LogP contribution in [0, 0.1) is 0 Å². The molecule has 1 aliphatic heterocycles. The van der Waals surface area contributed by atoms with Gasteiger partial charge in [-0.15, -0.1) is 0 Å². The van der Waals surface area contributed by atoms with Crippen molar-refractivity contribution >= 4 is 10.0 Å². The zero-order valence-corrected chi connectivity index (χ0v) is 15.7. The first kappa shape index (κ1) is 18.3. The second-order valence-corrected chi connectivity index (χ2v) is 7.75. The first-order valence-corrected chi connectivity index (χ1v) is 9.47. The highest BCUT2D eigenvalue weighted by Crippen LogP contribution is 2.34. The molecule has 1 heterocycles. The van der Waals surface area contributed by atoms with E-state index >= 15 is 0 Å². The lowest BCUT2D eigenvalue weighted by Gasteiger charge is -2.22. The lowest BCUT2D eigenvalue weighted by atomic mass is 10.1. The Balaban J connectivity index is 1.91. The Kier molecular flexibility index (Phi) is 5.24. The molecule has 26 heavy (non-hydrogen) atoms. The third-order valence-corrected chi connectivity index (χ3v) is 5.93. The normalized spacial score (nSPS) is 13.5. The Morgan fingerprint density at radius 3 is 2.23 bits per heavy atom. The monoisotopic (exact) mass is 379 g/mol. The fourth-order valence-electron chi connectivity index (χ4n) is 2.76. The van der Waals surface area contributed by atoms with Crippen LogP contribution in [0.1, 0.15) is 5.56 Å². The predicted octanol–water partition coefficient (Wildman–Crippen LogP) is 2.30. The molecule has 0 aromatic heterocycles. The van der Waals surface area contributed by atoms with E-state index in [0.717, 1.165) is 0 Å². The molecular weight excluding hydrogens is 358 g/mol. The van der Waals surface area contributed by atoms with Gasteiger partial charge in [-0.05, 0) is 24.3 Å². The summed E-state index contributed by atoms with van der Waals surface area (Å²) in [5.41, 5.74) is 0.654. The van der Waals surface area contributed by atoms with Gasteiger partial charge in [-0.2, -0.15) is 4.31 Å². The smallest absolute Gasteiger partial charge is 0.243 e. The molecule has 0 bridgehead atoms. The number of hydrogen-bond donors (Lipinski definition) is 0. The second kappa shape index (κ2) is 7.43. The van der Waals surface area contributed by atoms with Gasteiger partial charge in [-0.1, -0.05) is 6.07 Å². The van der Waals surface area contributed by atoms with Crippen LogP contribution in [0.5, 0.6) is 23.0 Å². The first-order chi connectivity index (χ1) is 12.5. The van der Waals surface area contributed by atoms with Crippen LogP contribution in [0.4, 0.5) is 0 Å². The van der Waals surface area contributed by atoms with Crippen molar-refractivity contribution in [2.45, 2.75) is 11.4 Å². The van der Waals surface area contributed by atoms with Crippen LogP contribution in [0.15, 0.2) is 41.3 Å².